The molecule has 18 heavy (non-hydrogen) atoms. The average Bonchev–Trinajstić information content (AvgIpc) is 2.26. The number of unbranched alkanes of at least 4 members (excludes halogenated alkanes) is 2. The third-order valence-corrected chi connectivity index (χ3v) is 2.71. The van der Waals surface area contributed by atoms with E-state index in [1.54, 1.807) is 0 Å². The minimum absolute atomic E-state index is 0.0652. The fraction of sp³-hybridized carbons (Fsp3) is 0.929. The van der Waals surface area contributed by atoms with E-state index in [1.165, 1.54) is 6.42 Å². The zero-order valence-corrected chi connectivity index (χ0v) is 12.5. The summed E-state index contributed by atoms with van der Waals surface area (Å²) in [5, 5.41) is 4.41. The van der Waals surface area contributed by atoms with Crippen LogP contribution in [0.5, 0.6) is 0 Å². The van der Waals surface area contributed by atoms with Crippen LogP contribution in [0.15, 0.2) is 0 Å². The van der Waals surface area contributed by atoms with Crippen LogP contribution in [-0.2, 0) is 19.6 Å². The molecule has 0 aromatic heterocycles. The Kier molecular flexibility index (Phi) is 9.02. The Bertz CT molecular complexity index is 220. The van der Waals surface area contributed by atoms with Gasteiger partial charge < -0.3 is 0 Å². The highest BCUT2D eigenvalue weighted by atomic mass is 17.5. The van der Waals surface area contributed by atoms with Crippen molar-refractivity contribution >= 4 is 5.97 Å². The molecule has 1 atom stereocenters. The molecule has 0 saturated heterocycles. The second kappa shape index (κ2) is 9.34. The molecule has 0 heterocycles. The normalized spacial score (nSPS) is 13.4. The van der Waals surface area contributed by atoms with Crippen LogP contribution >= 0.6 is 0 Å². The highest BCUT2D eigenvalue weighted by Crippen LogP contribution is 2.22. The van der Waals surface area contributed by atoms with E-state index in [-0.39, 0.29) is 12.1 Å². The Labute approximate surface area is 111 Å². The van der Waals surface area contributed by atoms with Gasteiger partial charge in [0.25, 0.3) is 0 Å². The first-order valence-corrected chi connectivity index (χ1v) is 6.88. The highest BCUT2D eigenvalue weighted by molar-refractivity contribution is 5.68. The Morgan fingerprint density at radius 3 is 2.39 bits per heavy atom. The first-order valence-electron chi connectivity index (χ1n) is 6.88. The van der Waals surface area contributed by atoms with Crippen molar-refractivity contribution in [3.8, 4) is 0 Å². The summed E-state index contributed by atoms with van der Waals surface area (Å²) in [6.45, 7) is 10.5. The van der Waals surface area contributed by atoms with Crippen molar-refractivity contribution in [3.05, 3.63) is 0 Å². The predicted octanol–water partition coefficient (Wildman–Crippen LogP) is 4.19. The second-order valence-corrected chi connectivity index (χ2v) is 5.96. The van der Waals surface area contributed by atoms with Crippen LogP contribution in [0.2, 0.25) is 0 Å². The predicted molar refractivity (Wildman–Crippen MR) is 70.6 cm³/mol. The zero-order valence-electron chi connectivity index (χ0n) is 12.5. The van der Waals surface area contributed by atoms with Crippen molar-refractivity contribution in [2.45, 2.75) is 79.2 Å². The van der Waals surface area contributed by atoms with Crippen LogP contribution < -0.4 is 0 Å². The summed E-state index contributed by atoms with van der Waals surface area (Å²) in [4.78, 5) is 20.5. The molecule has 0 fully saturated rings. The largest absolute Gasteiger partial charge is 0.345 e. The standard InChI is InChI=1S/C14H28O4/c1-6-12(2)16-18-17-13(15)10-8-7-9-11-14(3,4)5/h12H,6-11H2,1-5H3. The topological polar surface area (TPSA) is 44.8 Å². The van der Waals surface area contributed by atoms with Gasteiger partial charge in [-0.3, -0.25) is 4.89 Å². The van der Waals surface area contributed by atoms with E-state index in [2.05, 4.69) is 30.7 Å². The van der Waals surface area contributed by atoms with E-state index in [4.69, 9.17) is 4.89 Å². The van der Waals surface area contributed by atoms with Gasteiger partial charge in [-0.15, -0.1) is 0 Å². The van der Waals surface area contributed by atoms with Crippen molar-refractivity contribution in [3.63, 3.8) is 0 Å². The Hall–Kier alpha value is -0.610. The smallest absolute Gasteiger partial charge is 0.269 e. The molecule has 0 bridgehead atoms. The van der Waals surface area contributed by atoms with Gasteiger partial charge >= 0.3 is 5.97 Å². The maximum absolute atomic E-state index is 11.2. The first kappa shape index (κ1) is 17.4. The molecule has 0 saturated carbocycles. The third kappa shape index (κ3) is 11.9. The van der Waals surface area contributed by atoms with Crippen molar-refractivity contribution < 1.29 is 19.6 Å². The summed E-state index contributed by atoms with van der Waals surface area (Å²) in [5.41, 5.74) is 0.369. The third-order valence-electron chi connectivity index (χ3n) is 2.71. The average molecular weight is 260 g/mol. The zero-order chi connectivity index (χ0) is 14.0. The van der Waals surface area contributed by atoms with E-state index in [1.807, 2.05) is 13.8 Å². The molecule has 0 N–H and O–H groups in total. The van der Waals surface area contributed by atoms with E-state index < -0.39 is 0 Å². The SMILES string of the molecule is CCC(C)OOOC(=O)CCCCCC(C)(C)C. The minimum atomic E-state index is -0.367. The van der Waals surface area contributed by atoms with Gasteiger partial charge in [0.15, 0.2) is 0 Å². The van der Waals surface area contributed by atoms with Gasteiger partial charge in [0.05, 0.1) is 6.10 Å². The van der Waals surface area contributed by atoms with E-state index in [9.17, 15) is 4.79 Å². The molecule has 0 aliphatic carbocycles. The van der Waals surface area contributed by atoms with Crippen molar-refractivity contribution in [1.29, 1.82) is 0 Å². The summed E-state index contributed by atoms with van der Waals surface area (Å²) < 4.78 is 0. The molecule has 4 heteroatoms. The highest BCUT2D eigenvalue weighted by Gasteiger charge is 2.10. The summed E-state index contributed by atoms with van der Waals surface area (Å²) in [7, 11) is 0. The fourth-order valence-corrected chi connectivity index (χ4v) is 1.34. The summed E-state index contributed by atoms with van der Waals surface area (Å²) in [6, 6.07) is 0. The Morgan fingerprint density at radius 1 is 1.17 bits per heavy atom. The maximum Gasteiger partial charge on any atom is 0.345 e. The van der Waals surface area contributed by atoms with Crippen molar-refractivity contribution in [1.82, 2.24) is 0 Å². The van der Waals surface area contributed by atoms with Crippen LogP contribution in [0.4, 0.5) is 0 Å². The summed E-state index contributed by atoms with van der Waals surface area (Å²) in [5.74, 6) is -0.367. The minimum Gasteiger partial charge on any atom is -0.269 e. The number of carbonyl (C=O) groups is 1. The fourth-order valence-electron chi connectivity index (χ4n) is 1.34. The van der Waals surface area contributed by atoms with Crippen molar-refractivity contribution in [2.24, 2.45) is 5.41 Å². The lowest BCUT2D eigenvalue weighted by atomic mass is 9.89. The molecule has 0 aliphatic rings. The van der Waals surface area contributed by atoms with Crippen LogP contribution in [-0.4, -0.2) is 12.1 Å². The molecule has 0 aromatic rings. The van der Waals surface area contributed by atoms with Gasteiger partial charge in [-0.05, 0) is 36.6 Å². The number of hydrogen-bond acceptors (Lipinski definition) is 4. The van der Waals surface area contributed by atoms with E-state index >= 15 is 0 Å². The van der Waals surface area contributed by atoms with Crippen molar-refractivity contribution in [2.75, 3.05) is 0 Å². The Balaban J connectivity index is 3.38. The lowest BCUT2D eigenvalue weighted by molar-refractivity contribution is -0.500. The molecule has 0 rings (SSSR count). The van der Waals surface area contributed by atoms with Crippen LogP contribution in [0.1, 0.15) is 73.1 Å². The molecule has 0 radical (unpaired) electrons. The Morgan fingerprint density at radius 2 is 1.83 bits per heavy atom. The number of rotatable bonds is 9. The second-order valence-electron chi connectivity index (χ2n) is 5.96. The quantitative estimate of drug-likeness (QED) is 0.354. The van der Waals surface area contributed by atoms with Gasteiger partial charge in [-0.1, -0.05) is 40.5 Å². The molecule has 1 unspecified atom stereocenters. The summed E-state index contributed by atoms with van der Waals surface area (Å²) >= 11 is 0. The van der Waals surface area contributed by atoms with Gasteiger partial charge in [-0.2, -0.15) is 4.89 Å². The number of carbonyl (C=O) groups excluding carboxylic acids is 1. The maximum atomic E-state index is 11.2. The molecule has 0 spiro atoms. The number of hydrogen-bond donors (Lipinski definition) is 0. The van der Waals surface area contributed by atoms with Crippen LogP contribution in [0, 0.1) is 5.41 Å². The lowest BCUT2D eigenvalue weighted by Crippen LogP contribution is -2.11. The molecular formula is C14H28O4. The van der Waals surface area contributed by atoms with Gasteiger partial charge in [0.1, 0.15) is 0 Å². The molecular weight excluding hydrogens is 232 g/mol. The summed E-state index contributed by atoms with van der Waals surface area (Å²) in [6.07, 6.45) is 5.32. The van der Waals surface area contributed by atoms with Gasteiger partial charge in [0.2, 0.25) is 0 Å². The molecule has 0 amide bonds. The van der Waals surface area contributed by atoms with Crippen LogP contribution in [0.3, 0.4) is 0 Å². The molecule has 4 nitrogen and oxygen atoms in total. The monoisotopic (exact) mass is 260 g/mol. The molecule has 0 aliphatic heterocycles. The van der Waals surface area contributed by atoms with E-state index in [0.29, 0.717) is 11.8 Å². The lowest BCUT2D eigenvalue weighted by Gasteiger charge is -2.17. The molecule has 0 aromatic carbocycles. The van der Waals surface area contributed by atoms with Crippen LogP contribution in [0.25, 0.3) is 0 Å². The van der Waals surface area contributed by atoms with E-state index in [0.717, 1.165) is 25.7 Å². The first-order chi connectivity index (χ1) is 8.35. The van der Waals surface area contributed by atoms with Gasteiger partial charge in [-0.25, -0.2) is 4.79 Å². The van der Waals surface area contributed by atoms with Gasteiger partial charge in [0, 0.05) is 6.42 Å². The molecule has 108 valence electrons.